The van der Waals surface area contributed by atoms with Crippen LogP contribution in [0.25, 0.3) is 0 Å². The second-order valence-electron chi connectivity index (χ2n) is 4.55. The third kappa shape index (κ3) is 6.72. The van der Waals surface area contributed by atoms with E-state index < -0.39 is 24.0 Å². The van der Waals surface area contributed by atoms with Gasteiger partial charge in [-0.25, -0.2) is 9.59 Å². The van der Waals surface area contributed by atoms with Crippen molar-refractivity contribution in [1.82, 2.24) is 10.2 Å². The minimum atomic E-state index is -1.23. The van der Waals surface area contributed by atoms with Crippen LogP contribution in [0.1, 0.15) is 26.7 Å². The van der Waals surface area contributed by atoms with E-state index in [2.05, 4.69) is 5.32 Å². The van der Waals surface area contributed by atoms with E-state index in [9.17, 15) is 14.4 Å². The Bertz CT molecular complexity index is 317. The number of carboxylic acid groups (broad SMARTS) is 2. The van der Waals surface area contributed by atoms with Crippen molar-refractivity contribution in [3.05, 3.63) is 0 Å². The molecule has 0 heterocycles. The zero-order chi connectivity index (χ0) is 14.3. The van der Waals surface area contributed by atoms with Crippen molar-refractivity contribution in [2.75, 3.05) is 13.6 Å². The Morgan fingerprint density at radius 2 is 1.78 bits per heavy atom. The van der Waals surface area contributed by atoms with Crippen LogP contribution in [0, 0.1) is 5.92 Å². The molecule has 0 aromatic carbocycles. The van der Waals surface area contributed by atoms with Crippen LogP contribution in [0.15, 0.2) is 0 Å². The molecular weight excluding hydrogens is 240 g/mol. The molecule has 104 valence electrons. The Morgan fingerprint density at radius 1 is 1.22 bits per heavy atom. The van der Waals surface area contributed by atoms with E-state index in [1.54, 1.807) is 7.05 Å². The summed E-state index contributed by atoms with van der Waals surface area (Å²) < 4.78 is 0. The Labute approximate surface area is 106 Å². The minimum absolute atomic E-state index is 0.133. The van der Waals surface area contributed by atoms with Gasteiger partial charge in [-0.2, -0.15) is 0 Å². The maximum absolute atomic E-state index is 11.6. The SMILES string of the molecule is CC(C)CN(C)C(=O)NC(CCC(=O)O)C(=O)O. The molecule has 1 unspecified atom stereocenters. The van der Waals surface area contributed by atoms with Gasteiger partial charge in [0, 0.05) is 20.0 Å². The van der Waals surface area contributed by atoms with Crippen LogP contribution in [-0.2, 0) is 9.59 Å². The second-order valence-corrected chi connectivity index (χ2v) is 4.55. The summed E-state index contributed by atoms with van der Waals surface area (Å²) in [5.41, 5.74) is 0. The monoisotopic (exact) mass is 260 g/mol. The number of amides is 2. The summed E-state index contributed by atoms with van der Waals surface area (Å²) in [6, 6.07) is -1.69. The van der Waals surface area contributed by atoms with Crippen LogP contribution in [-0.4, -0.2) is 52.7 Å². The molecule has 0 spiro atoms. The number of hydrogen-bond acceptors (Lipinski definition) is 3. The third-order valence-electron chi connectivity index (χ3n) is 2.23. The summed E-state index contributed by atoms with van der Waals surface area (Å²) in [5.74, 6) is -2.06. The molecule has 0 bridgehead atoms. The normalized spacial score (nSPS) is 12.0. The van der Waals surface area contributed by atoms with E-state index in [-0.39, 0.29) is 18.8 Å². The highest BCUT2D eigenvalue weighted by Crippen LogP contribution is 2.01. The Morgan fingerprint density at radius 3 is 2.17 bits per heavy atom. The van der Waals surface area contributed by atoms with E-state index in [1.807, 2.05) is 13.8 Å². The van der Waals surface area contributed by atoms with Crippen LogP contribution in [0.3, 0.4) is 0 Å². The zero-order valence-electron chi connectivity index (χ0n) is 10.8. The largest absolute Gasteiger partial charge is 0.481 e. The van der Waals surface area contributed by atoms with Gasteiger partial charge in [-0.1, -0.05) is 13.8 Å². The number of nitrogens with one attached hydrogen (secondary N) is 1. The van der Waals surface area contributed by atoms with Gasteiger partial charge in [0.05, 0.1) is 0 Å². The second kappa shape index (κ2) is 7.52. The highest BCUT2D eigenvalue weighted by Gasteiger charge is 2.22. The number of carbonyl (C=O) groups excluding carboxylic acids is 1. The number of aliphatic carboxylic acids is 2. The van der Waals surface area contributed by atoms with Crippen molar-refractivity contribution < 1.29 is 24.6 Å². The van der Waals surface area contributed by atoms with Crippen molar-refractivity contribution in [1.29, 1.82) is 0 Å². The van der Waals surface area contributed by atoms with Gasteiger partial charge < -0.3 is 20.4 Å². The molecule has 7 heteroatoms. The van der Waals surface area contributed by atoms with Crippen LogP contribution in [0.2, 0.25) is 0 Å². The van der Waals surface area contributed by atoms with E-state index in [0.717, 1.165) is 0 Å². The Hall–Kier alpha value is -1.79. The van der Waals surface area contributed by atoms with Gasteiger partial charge in [0.1, 0.15) is 6.04 Å². The minimum Gasteiger partial charge on any atom is -0.481 e. The first-order chi connectivity index (χ1) is 8.23. The van der Waals surface area contributed by atoms with Gasteiger partial charge in [0.2, 0.25) is 0 Å². The standard InChI is InChI=1S/C11H20N2O5/c1-7(2)6-13(3)11(18)12-8(10(16)17)4-5-9(14)15/h7-8H,4-6H2,1-3H3,(H,12,18)(H,14,15)(H,16,17). The molecule has 0 aromatic rings. The molecule has 2 amide bonds. The predicted octanol–water partition coefficient (Wildman–Crippen LogP) is 0.602. The summed E-state index contributed by atoms with van der Waals surface area (Å²) in [6.45, 7) is 4.36. The quantitative estimate of drug-likeness (QED) is 0.621. The van der Waals surface area contributed by atoms with E-state index in [0.29, 0.717) is 6.54 Å². The summed E-state index contributed by atoms with van der Waals surface area (Å²) >= 11 is 0. The van der Waals surface area contributed by atoms with Gasteiger partial charge in [-0.15, -0.1) is 0 Å². The first kappa shape index (κ1) is 16.2. The lowest BCUT2D eigenvalue weighted by atomic mass is 10.1. The van der Waals surface area contributed by atoms with Gasteiger partial charge in [0.15, 0.2) is 0 Å². The van der Waals surface area contributed by atoms with Crippen molar-refractivity contribution in [2.24, 2.45) is 5.92 Å². The Balaban J connectivity index is 4.35. The lowest BCUT2D eigenvalue weighted by Gasteiger charge is -2.22. The predicted molar refractivity (Wildman–Crippen MR) is 64.3 cm³/mol. The molecule has 18 heavy (non-hydrogen) atoms. The molecule has 0 aliphatic rings. The molecule has 1 atom stereocenters. The molecule has 0 saturated carbocycles. The number of rotatable bonds is 7. The lowest BCUT2D eigenvalue weighted by Crippen LogP contribution is -2.47. The number of urea groups is 1. The fourth-order valence-electron chi connectivity index (χ4n) is 1.42. The summed E-state index contributed by atoms with van der Waals surface area (Å²) in [5, 5.41) is 19.7. The zero-order valence-corrected chi connectivity index (χ0v) is 10.8. The van der Waals surface area contributed by atoms with Crippen LogP contribution in [0.5, 0.6) is 0 Å². The van der Waals surface area contributed by atoms with E-state index in [4.69, 9.17) is 10.2 Å². The molecule has 3 N–H and O–H groups in total. The molecule has 7 nitrogen and oxygen atoms in total. The number of nitrogens with zero attached hydrogens (tertiary/aromatic N) is 1. The number of carbonyl (C=O) groups is 3. The fraction of sp³-hybridized carbons (Fsp3) is 0.727. The summed E-state index contributed by atoms with van der Waals surface area (Å²) in [6.07, 6.45) is -0.433. The van der Waals surface area contributed by atoms with Crippen molar-refractivity contribution in [3.8, 4) is 0 Å². The molecule has 0 fully saturated rings. The summed E-state index contributed by atoms with van der Waals surface area (Å²) in [7, 11) is 1.56. The average Bonchev–Trinajstić information content (AvgIpc) is 2.21. The Kier molecular flexibility index (Phi) is 6.77. The smallest absolute Gasteiger partial charge is 0.326 e. The molecular formula is C11H20N2O5. The van der Waals surface area contributed by atoms with Gasteiger partial charge in [-0.3, -0.25) is 4.79 Å². The van der Waals surface area contributed by atoms with Gasteiger partial charge in [-0.05, 0) is 12.3 Å². The first-order valence-corrected chi connectivity index (χ1v) is 5.70. The summed E-state index contributed by atoms with van der Waals surface area (Å²) in [4.78, 5) is 34.3. The van der Waals surface area contributed by atoms with Gasteiger partial charge >= 0.3 is 18.0 Å². The average molecular weight is 260 g/mol. The topological polar surface area (TPSA) is 107 Å². The molecule has 0 aliphatic carbocycles. The van der Waals surface area contributed by atoms with Crippen molar-refractivity contribution in [3.63, 3.8) is 0 Å². The molecule has 0 radical (unpaired) electrons. The highest BCUT2D eigenvalue weighted by molar-refractivity contribution is 5.82. The third-order valence-corrected chi connectivity index (χ3v) is 2.23. The van der Waals surface area contributed by atoms with Gasteiger partial charge in [0.25, 0.3) is 0 Å². The maximum Gasteiger partial charge on any atom is 0.326 e. The molecule has 0 saturated heterocycles. The highest BCUT2D eigenvalue weighted by atomic mass is 16.4. The number of carboxylic acids is 2. The van der Waals surface area contributed by atoms with Crippen LogP contribution < -0.4 is 5.32 Å². The molecule has 0 aromatic heterocycles. The van der Waals surface area contributed by atoms with E-state index >= 15 is 0 Å². The first-order valence-electron chi connectivity index (χ1n) is 5.70. The maximum atomic E-state index is 11.6. The van der Waals surface area contributed by atoms with Crippen LogP contribution in [0.4, 0.5) is 4.79 Å². The van der Waals surface area contributed by atoms with E-state index in [1.165, 1.54) is 4.90 Å². The molecule has 0 aliphatic heterocycles. The number of hydrogen-bond donors (Lipinski definition) is 3. The fourth-order valence-corrected chi connectivity index (χ4v) is 1.42. The van der Waals surface area contributed by atoms with Crippen molar-refractivity contribution in [2.45, 2.75) is 32.7 Å². The van der Waals surface area contributed by atoms with Crippen LogP contribution >= 0.6 is 0 Å². The lowest BCUT2D eigenvalue weighted by molar-refractivity contribution is -0.140. The van der Waals surface area contributed by atoms with Crippen molar-refractivity contribution >= 4 is 18.0 Å². The molecule has 0 rings (SSSR count).